The number of amides is 1. The minimum absolute atomic E-state index is 0.299. The topological polar surface area (TPSA) is 36.0 Å². The fourth-order valence-electron chi connectivity index (χ4n) is 4.10. The van der Waals surface area contributed by atoms with Gasteiger partial charge in [0.25, 0.3) is 0 Å². The van der Waals surface area contributed by atoms with Gasteiger partial charge in [0, 0.05) is 38.8 Å². The molecule has 0 radical (unpaired) electrons. The molecule has 3 aliphatic rings. The molecule has 0 unspecified atom stereocenters. The summed E-state index contributed by atoms with van der Waals surface area (Å²) < 4.78 is 5.40. The second-order valence-corrected chi connectivity index (χ2v) is 7.23. The Hall–Kier alpha value is -1.43. The Bertz CT molecular complexity index is 553. The number of rotatable bonds is 4. The average Bonchev–Trinajstić information content (AvgIpc) is 3.04. The van der Waals surface area contributed by atoms with Crippen LogP contribution in [0, 0.1) is 0 Å². The number of carbonyl (C=O) groups excluding carboxylic acids is 1. The van der Waals surface area contributed by atoms with E-state index in [0.717, 1.165) is 58.9 Å². The van der Waals surface area contributed by atoms with Crippen molar-refractivity contribution in [3.63, 3.8) is 0 Å². The lowest BCUT2D eigenvalue weighted by Gasteiger charge is -2.46. The zero-order chi connectivity index (χ0) is 16.4. The first-order valence-corrected chi connectivity index (χ1v) is 9.16. The largest absolute Gasteiger partial charge is 0.379 e. The molecule has 24 heavy (non-hydrogen) atoms. The van der Waals surface area contributed by atoms with Gasteiger partial charge in [-0.05, 0) is 24.4 Å². The number of ether oxygens (including phenoxy) is 1. The predicted molar refractivity (Wildman–Crippen MR) is 93.0 cm³/mol. The number of hydrogen-bond acceptors (Lipinski definition) is 4. The number of hydrogen-bond donors (Lipinski definition) is 0. The summed E-state index contributed by atoms with van der Waals surface area (Å²) in [4.78, 5) is 19.3. The maximum atomic E-state index is 12.5. The predicted octanol–water partition coefficient (Wildman–Crippen LogP) is 1.02. The van der Waals surface area contributed by atoms with Gasteiger partial charge >= 0.3 is 0 Å². The minimum Gasteiger partial charge on any atom is -0.379 e. The van der Waals surface area contributed by atoms with Crippen LogP contribution in [0.15, 0.2) is 30.3 Å². The van der Waals surface area contributed by atoms with E-state index in [4.69, 9.17) is 4.74 Å². The fourth-order valence-corrected chi connectivity index (χ4v) is 4.10. The smallest absolute Gasteiger partial charge is 0.236 e. The van der Waals surface area contributed by atoms with E-state index in [-0.39, 0.29) is 0 Å². The molecule has 0 bridgehead atoms. The van der Waals surface area contributed by atoms with Crippen LogP contribution < -0.4 is 0 Å². The number of morpholine rings is 1. The molecule has 130 valence electrons. The van der Waals surface area contributed by atoms with Gasteiger partial charge in [-0.15, -0.1) is 0 Å². The molecule has 5 heteroatoms. The van der Waals surface area contributed by atoms with E-state index in [0.29, 0.717) is 24.4 Å². The zero-order valence-corrected chi connectivity index (χ0v) is 14.3. The second-order valence-electron chi connectivity index (χ2n) is 7.23. The Labute approximate surface area is 144 Å². The molecule has 3 heterocycles. The maximum absolute atomic E-state index is 12.5. The Balaban J connectivity index is 1.22. The van der Waals surface area contributed by atoms with Gasteiger partial charge in [-0.1, -0.05) is 30.3 Å². The summed E-state index contributed by atoms with van der Waals surface area (Å²) in [5.41, 5.74) is 1.41. The molecular weight excluding hydrogens is 302 g/mol. The van der Waals surface area contributed by atoms with Gasteiger partial charge in [-0.25, -0.2) is 0 Å². The highest BCUT2D eigenvalue weighted by molar-refractivity contribution is 5.79. The van der Waals surface area contributed by atoms with Crippen molar-refractivity contribution in [2.24, 2.45) is 0 Å². The molecule has 0 N–H and O–H groups in total. The third kappa shape index (κ3) is 3.48. The van der Waals surface area contributed by atoms with Crippen LogP contribution in [0.4, 0.5) is 0 Å². The van der Waals surface area contributed by atoms with Crippen molar-refractivity contribution in [3.05, 3.63) is 35.9 Å². The van der Waals surface area contributed by atoms with Crippen molar-refractivity contribution in [2.45, 2.75) is 18.4 Å². The van der Waals surface area contributed by atoms with Gasteiger partial charge in [-0.3, -0.25) is 14.6 Å². The first-order chi connectivity index (χ1) is 11.8. The summed E-state index contributed by atoms with van der Waals surface area (Å²) in [6, 6.07) is 11.2. The molecular formula is C19H27N3O2. The molecule has 1 amide bonds. The van der Waals surface area contributed by atoms with Crippen LogP contribution in [-0.4, -0.2) is 85.7 Å². The van der Waals surface area contributed by atoms with Crippen molar-refractivity contribution >= 4 is 5.91 Å². The minimum atomic E-state index is 0.299. The van der Waals surface area contributed by atoms with Crippen molar-refractivity contribution in [3.8, 4) is 0 Å². The zero-order valence-electron chi connectivity index (χ0n) is 14.3. The lowest BCUT2D eigenvalue weighted by molar-refractivity contribution is -0.141. The third-order valence-corrected chi connectivity index (χ3v) is 5.68. The van der Waals surface area contributed by atoms with Crippen molar-refractivity contribution in [1.29, 1.82) is 0 Å². The molecule has 1 aromatic rings. The van der Waals surface area contributed by atoms with Gasteiger partial charge in [0.2, 0.25) is 5.91 Å². The van der Waals surface area contributed by atoms with Crippen LogP contribution in [-0.2, 0) is 9.53 Å². The lowest BCUT2D eigenvalue weighted by Crippen LogP contribution is -2.63. The van der Waals surface area contributed by atoms with Crippen LogP contribution in [0.5, 0.6) is 0 Å². The molecule has 5 nitrogen and oxygen atoms in total. The molecule has 3 saturated heterocycles. The standard InChI is InChI=1S/C19H27N3O2/c23-19(22-13-18(14-22)21-8-10-24-11-9-21)15-20-7-6-17(12-20)16-4-2-1-3-5-16/h1-5,17-18H,6-15H2/t17-/m1/s1. The number of likely N-dealkylation sites (tertiary alicyclic amines) is 2. The van der Waals surface area contributed by atoms with E-state index in [2.05, 4.69) is 40.1 Å². The SMILES string of the molecule is O=C(CN1CC[C@@H](c2ccccc2)C1)N1CC(N2CCOCC2)C1. The lowest BCUT2D eigenvalue weighted by atomic mass is 9.99. The fraction of sp³-hybridized carbons (Fsp3) is 0.632. The van der Waals surface area contributed by atoms with E-state index in [1.807, 2.05) is 4.90 Å². The second kappa shape index (κ2) is 7.21. The van der Waals surface area contributed by atoms with Crippen LogP contribution in [0.2, 0.25) is 0 Å². The van der Waals surface area contributed by atoms with Crippen LogP contribution in [0.1, 0.15) is 17.9 Å². The summed E-state index contributed by atoms with van der Waals surface area (Å²) in [6.45, 7) is 8.11. The summed E-state index contributed by atoms with van der Waals surface area (Å²) >= 11 is 0. The molecule has 0 spiro atoms. The summed E-state index contributed by atoms with van der Waals surface area (Å²) in [5, 5.41) is 0. The first-order valence-electron chi connectivity index (χ1n) is 9.16. The highest BCUT2D eigenvalue weighted by atomic mass is 16.5. The Morgan fingerprint density at radius 3 is 2.54 bits per heavy atom. The number of carbonyl (C=O) groups is 1. The van der Waals surface area contributed by atoms with Crippen molar-refractivity contribution < 1.29 is 9.53 Å². The monoisotopic (exact) mass is 329 g/mol. The van der Waals surface area contributed by atoms with Crippen LogP contribution in [0.25, 0.3) is 0 Å². The molecule has 1 aromatic carbocycles. The normalized spacial score (nSPS) is 26.5. The molecule has 3 aliphatic heterocycles. The van der Waals surface area contributed by atoms with Crippen molar-refractivity contribution in [2.75, 3.05) is 59.0 Å². The Kier molecular flexibility index (Phi) is 4.83. The van der Waals surface area contributed by atoms with Gasteiger partial charge in [0.1, 0.15) is 0 Å². The number of nitrogens with zero attached hydrogens (tertiary/aromatic N) is 3. The van der Waals surface area contributed by atoms with E-state index in [1.54, 1.807) is 0 Å². The highest BCUT2D eigenvalue weighted by Gasteiger charge is 2.36. The quantitative estimate of drug-likeness (QED) is 0.826. The highest BCUT2D eigenvalue weighted by Crippen LogP contribution is 2.27. The van der Waals surface area contributed by atoms with Gasteiger partial charge in [0.05, 0.1) is 19.8 Å². The van der Waals surface area contributed by atoms with E-state index < -0.39 is 0 Å². The molecule has 0 aliphatic carbocycles. The molecule has 4 rings (SSSR count). The Morgan fingerprint density at radius 1 is 1.04 bits per heavy atom. The Morgan fingerprint density at radius 2 is 1.79 bits per heavy atom. The maximum Gasteiger partial charge on any atom is 0.236 e. The average molecular weight is 329 g/mol. The first kappa shape index (κ1) is 16.1. The molecule has 3 fully saturated rings. The summed E-state index contributed by atoms with van der Waals surface area (Å²) in [5.74, 6) is 0.879. The van der Waals surface area contributed by atoms with E-state index in [1.165, 1.54) is 5.56 Å². The van der Waals surface area contributed by atoms with Crippen LogP contribution in [0.3, 0.4) is 0 Å². The summed E-state index contributed by atoms with van der Waals surface area (Å²) in [6.07, 6.45) is 1.16. The van der Waals surface area contributed by atoms with E-state index >= 15 is 0 Å². The summed E-state index contributed by atoms with van der Waals surface area (Å²) in [7, 11) is 0. The van der Waals surface area contributed by atoms with Gasteiger partial charge in [0.15, 0.2) is 0 Å². The molecule has 1 atom stereocenters. The molecule has 0 saturated carbocycles. The van der Waals surface area contributed by atoms with Crippen LogP contribution >= 0.6 is 0 Å². The van der Waals surface area contributed by atoms with E-state index in [9.17, 15) is 4.79 Å². The molecule has 0 aromatic heterocycles. The van der Waals surface area contributed by atoms with Gasteiger partial charge in [-0.2, -0.15) is 0 Å². The van der Waals surface area contributed by atoms with Crippen molar-refractivity contribution in [1.82, 2.24) is 14.7 Å². The van der Waals surface area contributed by atoms with Gasteiger partial charge < -0.3 is 9.64 Å². The third-order valence-electron chi connectivity index (χ3n) is 5.68. The number of benzene rings is 1.